The van der Waals surface area contributed by atoms with Crippen molar-refractivity contribution in [1.82, 2.24) is 15.3 Å². The fraction of sp³-hybridized carbons (Fsp3) is 0.450. The molecule has 1 fully saturated rings. The van der Waals surface area contributed by atoms with Gasteiger partial charge < -0.3 is 15.4 Å². The molecule has 2 aromatic rings. The van der Waals surface area contributed by atoms with Crippen LogP contribution in [-0.2, 0) is 4.74 Å². The number of anilines is 1. The average molecular weight is 354 g/mol. The Morgan fingerprint density at radius 1 is 1.31 bits per heavy atom. The molecule has 0 saturated carbocycles. The van der Waals surface area contributed by atoms with Crippen molar-refractivity contribution in [3.8, 4) is 11.4 Å². The molecule has 1 aliphatic rings. The van der Waals surface area contributed by atoms with Crippen LogP contribution in [0.15, 0.2) is 36.4 Å². The maximum atomic E-state index is 12.6. The number of nitrogens with zero attached hydrogens (tertiary/aromatic N) is 2. The van der Waals surface area contributed by atoms with Crippen molar-refractivity contribution in [2.75, 3.05) is 18.5 Å². The van der Waals surface area contributed by atoms with E-state index < -0.39 is 0 Å². The smallest absolute Gasteiger partial charge is 0.270 e. The lowest BCUT2D eigenvalue weighted by atomic mass is 10.2. The highest BCUT2D eigenvalue weighted by Gasteiger charge is 2.17. The fourth-order valence-corrected chi connectivity index (χ4v) is 2.79. The van der Waals surface area contributed by atoms with Gasteiger partial charge in [0.05, 0.1) is 6.10 Å². The summed E-state index contributed by atoms with van der Waals surface area (Å²) in [6, 6.07) is 11.5. The zero-order chi connectivity index (χ0) is 18.4. The highest BCUT2D eigenvalue weighted by atomic mass is 16.5. The number of hydrogen-bond acceptors (Lipinski definition) is 5. The molecule has 0 bridgehead atoms. The van der Waals surface area contributed by atoms with Gasteiger partial charge in [-0.2, -0.15) is 0 Å². The van der Waals surface area contributed by atoms with Crippen LogP contribution >= 0.6 is 0 Å². The number of aromatic nitrogens is 2. The highest BCUT2D eigenvalue weighted by Crippen LogP contribution is 2.19. The van der Waals surface area contributed by atoms with Gasteiger partial charge in [-0.3, -0.25) is 4.79 Å². The summed E-state index contributed by atoms with van der Waals surface area (Å²) >= 11 is 0. The molecule has 6 nitrogen and oxygen atoms in total. The second-order valence-electron chi connectivity index (χ2n) is 6.63. The fourth-order valence-electron chi connectivity index (χ4n) is 2.79. The molecular weight excluding hydrogens is 328 g/mol. The Labute approximate surface area is 154 Å². The summed E-state index contributed by atoms with van der Waals surface area (Å²) in [6.07, 6.45) is 3.20. The van der Waals surface area contributed by atoms with Crippen LogP contribution in [0.1, 0.15) is 43.6 Å². The SMILES string of the molecule is CCC(C)NC(=O)c1cc(NCC2CCCO2)nc(-c2ccccc2)n1. The maximum Gasteiger partial charge on any atom is 0.270 e. The zero-order valence-corrected chi connectivity index (χ0v) is 15.4. The number of hydrogen-bond donors (Lipinski definition) is 2. The first-order valence-electron chi connectivity index (χ1n) is 9.26. The van der Waals surface area contributed by atoms with Gasteiger partial charge in [-0.1, -0.05) is 37.3 Å². The van der Waals surface area contributed by atoms with E-state index in [2.05, 4.69) is 20.6 Å². The van der Waals surface area contributed by atoms with Crippen LogP contribution in [0.2, 0.25) is 0 Å². The largest absolute Gasteiger partial charge is 0.376 e. The van der Waals surface area contributed by atoms with Crippen molar-refractivity contribution in [1.29, 1.82) is 0 Å². The second kappa shape index (κ2) is 8.76. The number of benzene rings is 1. The first-order chi connectivity index (χ1) is 12.7. The topological polar surface area (TPSA) is 76.1 Å². The van der Waals surface area contributed by atoms with Gasteiger partial charge in [-0.15, -0.1) is 0 Å². The Bertz CT molecular complexity index is 730. The van der Waals surface area contributed by atoms with Crippen molar-refractivity contribution < 1.29 is 9.53 Å². The Hall–Kier alpha value is -2.47. The molecule has 1 saturated heterocycles. The first kappa shape index (κ1) is 18.3. The van der Waals surface area contributed by atoms with E-state index in [1.165, 1.54) is 0 Å². The standard InChI is InChI=1S/C20H26N4O2/c1-3-14(2)22-20(25)17-12-18(21-13-16-10-7-11-26-16)24-19(23-17)15-8-5-4-6-9-15/h4-6,8-9,12,14,16H,3,7,10-11,13H2,1-2H3,(H,22,25)(H,21,23,24). The van der Waals surface area contributed by atoms with E-state index in [4.69, 9.17) is 4.74 Å². The van der Waals surface area contributed by atoms with Gasteiger partial charge in [0, 0.05) is 30.8 Å². The molecular formula is C20H26N4O2. The number of amides is 1. The van der Waals surface area contributed by atoms with E-state index in [0.29, 0.717) is 23.9 Å². The normalized spacial score (nSPS) is 17.7. The quantitative estimate of drug-likeness (QED) is 0.798. The summed E-state index contributed by atoms with van der Waals surface area (Å²) in [5.41, 5.74) is 1.25. The number of ether oxygens (including phenoxy) is 1. The van der Waals surface area contributed by atoms with Crippen LogP contribution in [-0.4, -0.2) is 41.2 Å². The van der Waals surface area contributed by atoms with Gasteiger partial charge >= 0.3 is 0 Å². The predicted octanol–water partition coefficient (Wildman–Crippen LogP) is 3.26. The van der Waals surface area contributed by atoms with E-state index in [0.717, 1.165) is 31.4 Å². The summed E-state index contributed by atoms with van der Waals surface area (Å²) in [5, 5.41) is 6.27. The molecule has 138 valence electrons. The lowest BCUT2D eigenvalue weighted by molar-refractivity contribution is 0.0934. The van der Waals surface area contributed by atoms with Gasteiger partial charge in [0.15, 0.2) is 5.82 Å². The minimum absolute atomic E-state index is 0.0981. The van der Waals surface area contributed by atoms with Gasteiger partial charge in [0.1, 0.15) is 11.5 Å². The number of carbonyl (C=O) groups is 1. The molecule has 2 N–H and O–H groups in total. The molecule has 1 aliphatic heterocycles. The Balaban J connectivity index is 1.84. The van der Waals surface area contributed by atoms with Crippen molar-refractivity contribution in [3.63, 3.8) is 0 Å². The Morgan fingerprint density at radius 3 is 2.81 bits per heavy atom. The molecule has 26 heavy (non-hydrogen) atoms. The molecule has 3 rings (SSSR count). The summed E-state index contributed by atoms with van der Waals surface area (Å²) in [6.45, 7) is 5.51. The van der Waals surface area contributed by atoms with Crippen LogP contribution in [0, 0.1) is 0 Å². The van der Waals surface area contributed by atoms with Gasteiger partial charge in [0.25, 0.3) is 5.91 Å². The van der Waals surface area contributed by atoms with E-state index >= 15 is 0 Å². The van der Waals surface area contributed by atoms with E-state index in [9.17, 15) is 4.79 Å². The molecule has 1 aromatic heterocycles. The van der Waals surface area contributed by atoms with E-state index in [1.807, 2.05) is 44.2 Å². The molecule has 0 radical (unpaired) electrons. The van der Waals surface area contributed by atoms with E-state index in [-0.39, 0.29) is 18.1 Å². The predicted molar refractivity (Wildman–Crippen MR) is 102 cm³/mol. The van der Waals surface area contributed by atoms with Crippen molar-refractivity contribution in [3.05, 3.63) is 42.1 Å². The third kappa shape index (κ3) is 4.79. The molecule has 0 spiro atoms. The van der Waals surface area contributed by atoms with E-state index in [1.54, 1.807) is 6.07 Å². The average Bonchev–Trinajstić information content (AvgIpc) is 3.20. The zero-order valence-electron chi connectivity index (χ0n) is 15.4. The van der Waals surface area contributed by atoms with Crippen LogP contribution < -0.4 is 10.6 Å². The van der Waals surface area contributed by atoms with Crippen molar-refractivity contribution >= 4 is 11.7 Å². The molecule has 0 aliphatic carbocycles. The minimum atomic E-state index is -0.181. The Kier molecular flexibility index (Phi) is 6.17. The van der Waals surface area contributed by atoms with Gasteiger partial charge in [-0.25, -0.2) is 9.97 Å². The van der Waals surface area contributed by atoms with Gasteiger partial charge in [0.2, 0.25) is 0 Å². The van der Waals surface area contributed by atoms with Crippen LogP contribution in [0.25, 0.3) is 11.4 Å². The number of rotatable bonds is 7. The molecule has 1 aromatic carbocycles. The number of carbonyl (C=O) groups excluding carboxylic acids is 1. The third-order valence-electron chi connectivity index (χ3n) is 4.52. The lowest BCUT2D eigenvalue weighted by Crippen LogP contribution is -2.32. The van der Waals surface area contributed by atoms with Crippen LogP contribution in [0.3, 0.4) is 0 Å². The molecule has 1 amide bonds. The summed E-state index contributed by atoms with van der Waals surface area (Å²) in [4.78, 5) is 21.6. The summed E-state index contributed by atoms with van der Waals surface area (Å²) < 4.78 is 5.65. The van der Waals surface area contributed by atoms with Crippen molar-refractivity contribution in [2.24, 2.45) is 0 Å². The highest BCUT2D eigenvalue weighted by molar-refractivity contribution is 5.93. The monoisotopic (exact) mass is 354 g/mol. The maximum absolute atomic E-state index is 12.6. The van der Waals surface area contributed by atoms with Crippen molar-refractivity contribution in [2.45, 2.75) is 45.3 Å². The molecule has 2 unspecified atom stereocenters. The lowest BCUT2D eigenvalue weighted by Gasteiger charge is -2.15. The first-order valence-corrected chi connectivity index (χ1v) is 9.26. The van der Waals surface area contributed by atoms with Crippen LogP contribution in [0.5, 0.6) is 0 Å². The van der Waals surface area contributed by atoms with Gasteiger partial charge in [-0.05, 0) is 26.2 Å². The minimum Gasteiger partial charge on any atom is -0.376 e. The summed E-state index contributed by atoms with van der Waals surface area (Å²) in [7, 11) is 0. The summed E-state index contributed by atoms with van der Waals surface area (Å²) in [5.74, 6) is 1.000. The third-order valence-corrected chi connectivity index (χ3v) is 4.52. The molecule has 2 heterocycles. The second-order valence-corrected chi connectivity index (χ2v) is 6.63. The molecule has 6 heteroatoms. The molecule has 2 atom stereocenters. The Morgan fingerprint density at radius 2 is 2.12 bits per heavy atom. The number of nitrogens with one attached hydrogen (secondary N) is 2. The van der Waals surface area contributed by atoms with Crippen LogP contribution in [0.4, 0.5) is 5.82 Å².